The average Bonchev–Trinajstić information content (AvgIpc) is 3.19. The summed E-state index contributed by atoms with van der Waals surface area (Å²) in [5, 5.41) is 6.45. The number of carbonyl (C=O) groups is 1. The normalized spacial score (nSPS) is 16.9. The van der Waals surface area contributed by atoms with Gasteiger partial charge in [0.25, 0.3) is 0 Å². The number of amides is 1. The second-order valence-corrected chi connectivity index (χ2v) is 7.53. The van der Waals surface area contributed by atoms with E-state index in [4.69, 9.17) is 4.74 Å². The maximum absolute atomic E-state index is 12.2. The zero-order chi connectivity index (χ0) is 19.1. The van der Waals surface area contributed by atoms with Crippen LogP contribution in [0.15, 0.2) is 48.5 Å². The molecule has 0 aromatic heterocycles. The Morgan fingerprint density at radius 1 is 1.25 bits per heavy atom. The van der Waals surface area contributed by atoms with Gasteiger partial charge in [-0.05, 0) is 69.0 Å². The van der Waals surface area contributed by atoms with Gasteiger partial charge in [-0.15, -0.1) is 12.4 Å². The molecule has 4 nitrogen and oxygen atoms in total. The van der Waals surface area contributed by atoms with E-state index in [0.717, 1.165) is 36.4 Å². The fraction of sp³-hybridized carbons (Fsp3) is 0.435. The van der Waals surface area contributed by atoms with Crippen LogP contribution in [0.4, 0.5) is 0 Å². The van der Waals surface area contributed by atoms with Gasteiger partial charge in [0, 0.05) is 6.42 Å². The molecular formula is C23H31ClN2O2. The summed E-state index contributed by atoms with van der Waals surface area (Å²) in [7, 11) is 0. The van der Waals surface area contributed by atoms with Crippen LogP contribution in [0.3, 0.4) is 0 Å². The number of hydrogen-bond donors (Lipinski definition) is 2. The van der Waals surface area contributed by atoms with Crippen LogP contribution in [-0.2, 0) is 11.4 Å². The second-order valence-electron chi connectivity index (χ2n) is 7.53. The standard InChI is InChI=1S/C23H30N2O2.ClH/c1-17-4-3-5-20(14-17)16-27-22-9-7-21(8-10-22)18(2)25-23(26)11-6-19-12-13-24-15-19;/h3-5,7-10,14,18-19,24H,6,11-13,15-16H2,1-2H3,(H,25,26);1H. The van der Waals surface area contributed by atoms with Gasteiger partial charge in [-0.1, -0.05) is 42.0 Å². The summed E-state index contributed by atoms with van der Waals surface area (Å²) in [6, 6.07) is 16.3. The Labute approximate surface area is 174 Å². The zero-order valence-electron chi connectivity index (χ0n) is 16.7. The number of halogens is 1. The molecular weight excluding hydrogens is 372 g/mol. The van der Waals surface area contributed by atoms with Crippen molar-refractivity contribution in [2.45, 2.75) is 45.8 Å². The Kier molecular flexibility index (Phi) is 8.81. The van der Waals surface area contributed by atoms with Gasteiger partial charge >= 0.3 is 0 Å². The van der Waals surface area contributed by atoms with E-state index in [1.165, 1.54) is 12.0 Å². The summed E-state index contributed by atoms with van der Waals surface area (Å²) in [6.45, 7) is 6.80. The molecule has 2 unspecified atom stereocenters. The summed E-state index contributed by atoms with van der Waals surface area (Å²) in [4.78, 5) is 12.2. The molecule has 1 aliphatic heterocycles. The van der Waals surface area contributed by atoms with Crippen molar-refractivity contribution in [1.29, 1.82) is 0 Å². The molecule has 2 aromatic carbocycles. The molecule has 0 spiro atoms. The van der Waals surface area contributed by atoms with Crippen LogP contribution in [0.5, 0.6) is 5.75 Å². The van der Waals surface area contributed by atoms with E-state index in [-0.39, 0.29) is 24.4 Å². The molecule has 3 rings (SSSR count). The molecule has 2 atom stereocenters. The van der Waals surface area contributed by atoms with Crippen LogP contribution in [0.1, 0.15) is 48.9 Å². The molecule has 1 heterocycles. The lowest BCUT2D eigenvalue weighted by Crippen LogP contribution is -2.27. The van der Waals surface area contributed by atoms with Crippen molar-refractivity contribution >= 4 is 18.3 Å². The third-order valence-corrected chi connectivity index (χ3v) is 5.19. The molecule has 1 amide bonds. The number of rotatable bonds is 8. The van der Waals surface area contributed by atoms with Crippen molar-refractivity contribution in [2.24, 2.45) is 5.92 Å². The fourth-order valence-corrected chi connectivity index (χ4v) is 3.51. The quantitative estimate of drug-likeness (QED) is 0.680. The maximum atomic E-state index is 12.2. The Morgan fingerprint density at radius 3 is 2.71 bits per heavy atom. The SMILES string of the molecule is Cc1cccc(COc2ccc(C(C)NC(=O)CCC3CCNC3)cc2)c1.Cl. The lowest BCUT2D eigenvalue weighted by molar-refractivity contribution is -0.122. The van der Waals surface area contributed by atoms with Crippen molar-refractivity contribution in [3.05, 3.63) is 65.2 Å². The molecule has 0 radical (unpaired) electrons. The largest absolute Gasteiger partial charge is 0.489 e. The van der Waals surface area contributed by atoms with E-state index in [9.17, 15) is 4.79 Å². The minimum Gasteiger partial charge on any atom is -0.489 e. The molecule has 1 fully saturated rings. The Morgan fingerprint density at radius 2 is 2.04 bits per heavy atom. The van der Waals surface area contributed by atoms with Crippen LogP contribution in [0.2, 0.25) is 0 Å². The van der Waals surface area contributed by atoms with E-state index >= 15 is 0 Å². The first kappa shape index (κ1) is 22.3. The Balaban J connectivity index is 0.00000280. The maximum Gasteiger partial charge on any atom is 0.220 e. The van der Waals surface area contributed by atoms with E-state index in [1.54, 1.807) is 0 Å². The van der Waals surface area contributed by atoms with Crippen LogP contribution in [0.25, 0.3) is 0 Å². The Hall–Kier alpha value is -2.04. The predicted molar refractivity (Wildman–Crippen MR) is 116 cm³/mol. The molecule has 2 N–H and O–H groups in total. The molecule has 1 saturated heterocycles. The smallest absolute Gasteiger partial charge is 0.220 e. The number of carbonyl (C=O) groups excluding carboxylic acids is 1. The molecule has 0 bridgehead atoms. The van der Waals surface area contributed by atoms with Crippen molar-refractivity contribution in [2.75, 3.05) is 13.1 Å². The first-order valence-corrected chi connectivity index (χ1v) is 9.88. The number of aryl methyl sites for hydroxylation is 1. The highest BCUT2D eigenvalue weighted by Crippen LogP contribution is 2.20. The highest BCUT2D eigenvalue weighted by atomic mass is 35.5. The minimum atomic E-state index is 0. The summed E-state index contributed by atoms with van der Waals surface area (Å²) >= 11 is 0. The van der Waals surface area contributed by atoms with Gasteiger partial charge in [-0.3, -0.25) is 4.79 Å². The molecule has 2 aromatic rings. The highest BCUT2D eigenvalue weighted by molar-refractivity contribution is 5.85. The molecule has 152 valence electrons. The molecule has 0 saturated carbocycles. The molecule has 5 heteroatoms. The van der Waals surface area contributed by atoms with Crippen LogP contribution in [-0.4, -0.2) is 19.0 Å². The van der Waals surface area contributed by atoms with Crippen molar-refractivity contribution < 1.29 is 9.53 Å². The van der Waals surface area contributed by atoms with E-state index in [2.05, 4.69) is 35.8 Å². The average molecular weight is 403 g/mol. The third-order valence-electron chi connectivity index (χ3n) is 5.19. The topological polar surface area (TPSA) is 50.4 Å². The fourth-order valence-electron chi connectivity index (χ4n) is 3.51. The summed E-state index contributed by atoms with van der Waals surface area (Å²) < 4.78 is 5.87. The zero-order valence-corrected chi connectivity index (χ0v) is 17.6. The van der Waals surface area contributed by atoms with E-state index in [1.807, 2.05) is 37.3 Å². The number of benzene rings is 2. The first-order valence-electron chi connectivity index (χ1n) is 9.88. The van der Waals surface area contributed by atoms with Gasteiger partial charge < -0.3 is 15.4 Å². The van der Waals surface area contributed by atoms with E-state index in [0.29, 0.717) is 18.9 Å². The third kappa shape index (κ3) is 6.84. The molecule has 1 aliphatic rings. The highest BCUT2D eigenvalue weighted by Gasteiger charge is 2.16. The van der Waals surface area contributed by atoms with Gasteiger partial charge in [0.15, 0.2) is 0 Å². The lowest BCUT2D eigenvalue weighted by Gasteiger charge is -2.16. The summed E-state index contributed by atoms with van der Waals surface area (Å²) in [5.74, 6) is 1.62. The second kappa shape index (κ2) is 11.1. The van der Waals surface area contributed by atoms with Crippen LogP contribution >= 0.6 is 12.4 Å². The summed E-state index contributed by atoms with van der Waals surface area (Å²) in [6.07, 6.45) is 2.76. The molecule has 0 aliphatic carbocycles. The molecule has 28 heavy (non-hydrogen) atoms. The van der Waals surface area contributed by atoms with Crippen molar-refractivity contribution in [3.63, 3.8) is 0 Å². The van der Waals surface area contributed by atoms with Crippen LogP contribution in [0, 0.1) is 12.8 Å². The van der Waals surface area contributed by atoms with Gasteiger partial charge in [-0.25, -0.2) is 0 Å². The number of nitrogens with one attached hydrogen (secondary N) is 2. The van der Waals surface area contributed by atoms with Gasteiger partial charge in [0.1, 0.15) is 12.4 Å². The monoisotopic (exact) mass is 402 g/mol. The number of hydrogen-bond acceptors (Lipinski definition) is 3. The van der Waals surface area contributed by atoms with Crippen molar-refractivity contribution in [3.8, 4) is 5.75 Å². The first-order chi connectivity index (χ1) is 13.1. The Bertz CT molecular complexity index is 743. The van der Waals surface area contributed by atoms with Gasteiger partial charge in [-0.2, -0.15) is 0 Å². The minimum absolute atomic E-state index is 0. The van der Waals surface area contributed by atoms with Gasteiger partial charge in [0.05, 0.1) is 6.04 Å². The van der Waals surface area contributed by atoms with Gasteiger partial charge in [0.2, 0.25) is 5.91 Å². The lowest BCUT2D eigenvalue weighted by atomic mass is 10.0. The van der Waals surface area contributed by atoms with E-state index < -0.39 is 0 Å². The number of ether oxygens (including phenoxy) is 1. The predicted octanol–water partition coefficient (Wildman–Crippen LogP) is 4.56. The summed E-state index contributed by atoms with van der Waals surface area (Å²) in [5.41, 5.74) is 3.49. The van der Waals surface area contributed by atoms with Crippen molar-refractivity contribution in [1.82, 2.24) is 10.6 Å². The van der Waals surface area contributed by atoms with Crippen LogP contribution < -0.4 is 15.4 Å².